The molecule has 0 aromatic rings. The van der Waals surface area contributed by atoms with Gasteiger partial charge in [-0.25, -0.2) is 0 Å². The summed E-state index contributed by atoms with van der Waals surface area (Å²) >= 11 is 6.90. The van der Waals surface area contributed by atoms with Gasteiger partial charge in [-0.1, -0.05) is 26.7 Å². The van der Waals surface area contributed by atoms with E-state index in [1.165, 1.54) is 0 Å². The Labute approximate surface area is 125 Å². The van der Waals surface area contributed by atoms with Crippen LogP contribution in [-0.2, 0) is 9.59 Å². The van der Waals surface area contributed by atoms with Crippen molar-refractivity contribution in [3.63, 3.8) is 0 Å². The van der Waals surface area contributed by atoms with Gasteiger partial charge in [0.2, 0.25) is 11.6 Å². The highest BCUT2D eigenvalue weighted by Crippen LogP contribution is 2.38. The van der Waals surface area contributed by atoms with Gasteiger partial charge in [0.1, 0.15) is 0 Å². The zero-order valence-corrected chi connectivity index (χ0v) is 14.0. The van der Waals surface area contributed by atoms with Gasteiger partial charge in [0.15, 0.2) is 0 Å². The van der Waals surface area contributed by atoms with Gasteiger partial charge in [0.25, 0.3) is 0 Å². The van der Waals surface area contributed by atoms with Gasteiger partial charge in [0.05, 0.1) is 0 Å². The predicted octanol–water partition coefficient (Wildman–Crippen LogP) is 4.82. The minimum atomic E-state index is -0.329. The van der Waals surface area contributed by atoms with Crippen molar-refractivity contribution < 1.29 is 9.59 Å². The Morgan fingerprint density at radius 2 is 1.11 bits per heavy atom. The molecular weight excluding hydrogens is 360 g/mol. The molecule has 0 spiro atoms. The van der Waals surface area contributed by atoms with Crippen LogP contribution in [0.3, 0.4) is 0 Å². The first kappa shape index (κ1) is 15.8. The molecule has 18 heavy (non-hydrogen) atoms. The Kier molecular flexibility index (Phi) is 6.50. The summed E-state index contributed by atoms with van der Waals surface area (Å²) in [6.07, 6.45) is 5.20. The van der Waals surface area contributed by atoms with Crippen molar-refractivity contribution >= 4 is 43.4 Å². The van der Waals surface area contributed by atoms with Crippen LogP contribution in [0.5, 0.6) is 0 Å². The second kappa shape index (κ2) is 7.39. The first-order valence-electron chi connectivity index (χ1n) is 6.41. The number of halogens is 2. The number of hydrogen-bond donors (Lipinski definition) is 0. The standard InChI is InChI=1S/C14H18Br2O2/c1-3-5-7-9-11(15)12(16)10(8-6-4-2)14(18)13(9)17/h3-8H2,1-2H3. The molecular formula is C14H18Br2O2. The summed E-state index contributed by atoms with van der Waals surface area (Å²) in [4.78, 5) is 24.1. The molecule has 0 amide bonds. The van der Waals surface area contributed by atoms with Crippen LogP contribution < -0.4 is 0 Å². The summed E-state index contributed by atoms with van der Waals surface area (Å²) in [5.74, 6) is -0.658. The quantitative estimate of drug-likeness (QED) is 0.491. The SMILES string of the molecule is CCCCC1=C(Br)C(Br)=C(CCCC)C(=O)C1=O. The molecule has 0 N–H and O–H groups in total. The van der Waals surface area contributed by atoms with E-state index in [9.17, 15) is 9.59 Å². The van der Waals surface area contributed by atoms with Crippen molar-refractivity contribution in [2.45, 2.75) is 52.4 Å². The molecule has 1 aliphatic rings. The Hall–Kier alpha value is -0.220. The number of ketones is 2. The molecule has 0 aromatic carbocycles. The van der Waals surface area contributed by atoms with E-state index in [1.54, 1.807) is 0 Å². The van der Waals surface area contributed by atoms with Gasteiger partial charge in [-0.3, -0.25) is 9.59 Å². The lowest BCUT2D eigenvalue weighted by Gasteiger charge is -2.18. The molecule has 0 unspecified atom stereocenters. The molecule has 1 rings (SSSR count). The van der Waals surface area contributed by atoms with Crippen LogP contribution in [0.1, 0.15) is 52.4 Å². The summed E-state index contributed by atoms with van der Waals surface area (Å²) in [5, 5.41) is 0. The number of carbonyl (C=O) groups excluding carboxylic acids is 2. The lowest BCUT2D eigenvalue weighted by molar-refractivity contribution is -0.132. The van der Waals surface area contributed by atoms with E-state index < -0.39 is 0 Å². The third-order valence-corrected chi connectivity index (χ3v) is 5.32. The molecule has 4 heteroatoms. The van der Waals surface area contributed by atoms with Crippen LogP contribution in [0.25, 0.3) is 0 Å². The van der Waals surface area contributed by atoms with E-state index in [1.807, 2.05) is 0 Å². The van der Waals surface area contributed by atoms with Crippen molar-refractivity contribution in [2.24, 2.45) is 0 Å². The summed E-state index contributed by atoms with van der Waals surface area (Å²) in [6.45, 7) is 4.14. The highest BCUT2D eigenvalue weighted by molar-refractivity contribution is 9.15. The van der Waals surface area contributed by atoms with Gasteiger partial charge < -0.3 is 0 Å². The Balaban J connectivity index is 3.06. The normalized spacial score (nSPS) is 16.9. The highest BCUT2D eigenvalue weighted by atomic mass is 79.9. The Morgan fingerprint density at radius 1 is 0.778 bits per heavy atom. The molecule has 0 heterocycles. The molecule has 0 saturated heterocycles. The minimum Gasteiger partial charge on any atom is -0.285 e. The van der Waals surface area contributed by atoms with E-state index in [4.69, 9.17) is 0 Å². The highest BCUT2D eigenvalue weighted by Gasteiger charge is 2.31. The van der Waals surface area contributed by atoms with Gasteiger partial charge in [-0.2, -0.15) is 0 Å². The zero-order valence-electron chi connectivity index (χ0n) is 10.8. The maximum atomic E-state index is 12.1. The fraction of sp³-hybridized carbons (Fsp3) is 0.571. The number of unbranched alkanes of at least 4 members (excludes halogenated alkanes) is 2. The van der Waals surface area contributed by atoms with Gasteiger partial charge >= 0.3 is 0 Å². The molecule has 0 bridgehead atoms. The van der Waals surface area contributed by atoms with Crippen molar-refractivity contribution in [1.82, 2.24) is 0 Å². The van der Waals surface area contributed by atoms with Crippen LogP contribution >= 0.6 is 31.9 Å². The summed E-state index contributed by atoms with van der Waals surface area (Å²) in [6, 6.07) is 0. The Bertz CT molecular complexity index is 380. The Morgan fingerprint density at radius 3 is 1.39 bits per heavy atom. The molecule has 0 radical (unpaired) electrons. The average molecular weight is 378 g/mol. The molecule has 0 aliphatic heterocycles. The van der Waals surface area contributed by atoms with E-state index >= 15 is 0 Å². The van der Waals surface area contributed by atoms with Gasteiger partial charge in [0, 0.05) is 20.1 Å². The largest absolute Gasteiger partial charge is 0.285 e. The van der Waals surface area contributed by atoms with E-state index in [0.717, 1.165) is 34.6 Å². The van der Waals surface area contributed by atoms with Crippen LogP contribution in [0.2, 0.25) is 0 Å². The fourth-order valence-corrected chi connectivity index (χ4v) is 3.13. The number of hydrogen-bond acceptors (Lipinski definition) is 2. The molecule has 0 atom stereocenters. The van der Waals surface area contributed by atoms with E-state index in [0.29, 0.717) is 24.0 Å². The monoisotopic (exact) mass is 376 g/mol. The third-order valence-electron chi connectivity index (χ3n) is 3.04. The number of allylic oxidation sites excluding steroid dienone is 4. The topological polar surface area (TPSA) is 34.1 Å². The van der Waals surface area contributed by atoms with Crippen LogP contribution in [-0.4, -0.2) is 11.6 Å². The number of Topliss-reactive ketones (excluding diaryl/α,β-unsaturated/α-hetero) is 2. The predicted molar refractivity (Wildman–Crippen MR) is 81.0 cm³/mol. The summed E-state index contributed by atoms with van der Waals surface area (Å²) in [5.41, 5.74) is 1.24. The minimum absolute atomic E-state index is 0.329. The number of carbonyl (C=O) groups is 2. The van der Waals surface area contributed by atoms with Crippen molar-refractivity contribution in [3.8, 4) is 0 Å². The lowest BCUT2D eigenvalue weighted by Crippen LogP contribution is -2.24. The van der Waals surface area contributed by atoms with Gasteiger partial charge in [-0.05, 0) is 57.5 Å². The smallest absolute Gasteiger partial charge is 0.230 e. The maximum absolute atomic E-state index is 12.1. The van der Waals surface area contributed by atoms with Gasteiger partial charge in [-0.15, -0.1) is 0 Å². The fourth-order valence-electron chi connectivity index (χ4n) is 1.89. The molecule has 0 fully saturated rings. The molecule has 0 aromatic heterocycles. The molecule has 0 saturated carbocycles. The number of rotatable bonds is 6. The first-order chi connectivity index (χ1) is 8.54. The van der Waals surface area contributed by atoms with Crippen LogP contribution in [0.4, 0.5) is 0 Å². The van der Waals surface area contributed by atoms with E-state index in [2.05, 4.69) is 45.7 Å². The van der Waals surface area contributed by atoms with Crippen LogP contribution in [0.15, 0.2) is 20.1 Å². The lowest BCUT2D eigenvalue weighted by atomic mass is 9.90. The second-order valence-electron chi connectivity index (χ2n) is 4.45. The van der Waals surface area contributed by atoms with Crippen molar-refractivity contribution in [3.05, 3.63) is 20.1 Å². The third kappa shape index (κ3) is 3.41. The van der Waals surface area contributed by atoms with E-state index in [-0.39, 0.29) is 11.6 Å². The molecule has 2 nitrogen and oxygen atoms in total. The second-order valence-corrected chi connectivity index (χ2v) is 6.04. The zero-order chi connectivity index (χ0) is 13.7. The summed E-state index contributed by atoms with van der Waals surface area (Å²) in [7, 11) is 0. The first-order valence-corrected chi connectivity index (χ1v) is 7.99. The molecule has 1 aliphatic carbocycles. The van der Waals surface area contributed by atoms with Crippen molar-refractivity contribution in [1.29, 1.82) is 0 Å². The molecule has 100 valence electrons. The van der Waals surface area contributed by atoms with Crippen molar-refractivity contribution in [2.75, 3.05) is 0 Å². The average Bonchev–Trinajstić information content (AvgIpc) is 2.37. The van der Waals surface area contributed by atoms with Crippen LogP contribution in [0, 0.1) is 0 Å². The summed E-state index contributed by atoms with van der Waals surface area (Å²) < 4.78 is 1.54. The maximum Gasteiger partial charge on any atom is 0.230 e.